The van der Waals surface area contributed by atoms with Crippen LogP contribution in [0.15, 0.2) is 40.4 Å². The minimum Gasteiger partial charge on any atom is -0.351 e. The van der Waals surface area contributed by atoms with Crippen LogP contribution in [-0.2, 0) is 19.9 Å². The molecule has 0 N–H and O–H groups in total. The molecule has 5 heteroatoms. The van der Waals surface area contributed by atoms with Crippen molar-refractivity contribution in [3.8, 4) is 0 Å². The summed E-state index contributed by atoms with van der Waals surface area (Å²) in [5.41, 5.74) is 3.66. The summed E-state index contributed by atoms with van der Waals surface area (Å²) in [5, 5.41) is 2.63. The van der Waals surface area contributed by atoms with E-state index < -0.39 is 0 Å². The molecule has 1 aliphatic carbocycles. The molecule has 0 aliphatic heterocycles. The third kappa shape index (κ3) is 2.50. The number of rotatable bonds is 2. The number of halogens is 1. The number of benzene rings is 1. The first-order valence-electron chi connectivity index (χ1n) is 7.49. The van der Waals surface area contributed by atoms with Crippen LogP contribution in [0, 0.1) is 0 Å². The molecule has 0 fully saturated rings. The average Bonchev–Trinajstić information content (AvgIpc) is 2.88. The second-order valence-corrected chi connectivity index (χ2v) is 7.08. The molecule has 4 rings (SSSR count). The van der Waals surface area contributed by atoms with Gasteiger partial charge in [-0.2, -0.15) is 0 Å². The molecule has 0 saturated heterocycles. The Balaban J connectivity index is 1.74. The largest absolute Gasteiger partial charge is 0.351 e. The third-order valence-electron chi connectivity index (χ3n) is 4.19. The van der Waals surface area contributed by atoms with E-state index >= 15 is 0 Å². The van der Waals surface area contributed by atoms with E-state index in [9.17, 15) is 0 Å². The molecule has 3 nitrogen and oxygen atoms in total. The van der Waals surface area contributed by atoms with E-state index in [2.05, 4.69) is 52.0 Å². The monoisotopic (exact) mass is 329 g/mol. The van der Waals surface area contributed by atoms with Gasteiger partial charge in [-0.3, -0.25) is 0 Å². The van der Waals surface area contributed by atoms with Crippen molar-refractivity contribution >= 4 is 34.3 Å². The Hall–Kier alpha value is -1.52. The highest BCUT2D eigenvalue weighted by Gasteiger charge is 2.18. The fourth-order valence-electron chi connectivity index (χ4n) is 3.05. The maximum atomic E-state index is 6.11. The zero-order valence-electron chi connectivity index (χ0n) is 12.3. The lowest BCUT2D eigenvalue weighted by Gasteiger charge is -2.17. The second-order valence-electron chi connectivity index (χ2n) is 5.68. The van der Waals surface area contributed by atoms with Crippen molar-refractivity contribution in [2.45, 2.75) is 35.6 Å². The summed E-state index contributed by atoms with van der Waals surface area (Å²) < 4.78 is 2.13. The maximum Gasteiger partial charge on any atom is 0.223 e. The lowest BCUT2D eigenvalue weighted by molar-refractivity contribution is 0.646. The van der Waals surface area contributed by atoms with E-state index in [-0.39, 0.29) is 0 Å². The van der Waals surface area contributed by atoms with Crippen LogP contribution in [0.4, 0.5) is 0 Å². The Morgan fingerprint density at radius 1 is 1.14 bits per heavy atom. The quantitative estimate of drug-likeness (QED) is 0.506. The third-order valence-corrected chi connectivity index (χ3v) is 5.38. The summed E-state index contributed by atoms with van der Waals surface area (Å²) in [6.07, 6.45) is 6.57. The summed E-state index contributed by atoms with van der Waals surface area (Å²) in [6.45, 7) is 0. The van der Waals surface area contributed by atoms with Gasteiger partial charge < -0.3 is 4.57 Å². The number of nitrogens with zero attached hydrogens (tertiary/aromatic N) is 3. The van der Waals surface area contributed by atoms with Crippen molar-refractivity contribution in [3.05, 3.63) is 47.0 Å². The van der Waals surface area contributed by atoms with Crippen LogP contribution in [-0.4, -0.2) is 14.5 Å². The van der Waals surface area contributed by atoms with E-state index in [4.69, 9.17) is 11.6 Å². The van der Waals surface area contributed by atoms with E-state index in [1.807, 2.05) is 0 Å². The number of fused-ring (bicyclic) bond motifs is 2. The Morgan fingerprint density at radius 3 is 2.91 bits per heavy atom. The van der Waals surface area contributed by atoms with Crippen molar-refractivity contribution in [2.24, 2.45) is 7.05 Å². The summed E-state index contributed by atoms with van der Waals surface area (Å²) >= 11 is 7.80. The van der Waals surface area contributed by atoms with Crippen LogP contribution in [0.2, 0.25) is 5.28 Å². The number of hydrogen-bond donors (Lipinski definition) is 0. The fourth-order valence-corrected chi connectivity index (χ4v) is 4.31. The predicted octanol–water partition coefficient (Wildman–Crippen LogP) is 4.65. The van der Waals surface area contributed by atoms with Crippen molar-refractivity contribution in [3.63, 3.8) is 0 Å². The molecule has 0 atom stereocenters. The molecule has 1 aromatic carbocycles. The number of aromatic nitrogens is 3. The summed E-state index contributed by atoms with van der Waals surface area (Å²) in [6, 6.07) is 8.66. The van der Waals surface area contributed by atoms with Gasteiger partial charge in [0.15, 0.2) is 0 Å². The second kappa shape index (κ2) is 5.60. The first-order valence-corrected chi connectivity index (χ1v) is 8.68. The Labute approximate surface area is 138 Å². The molecule has 0 saturated carbocycles. The normalized spacial score (nSPS) is 14.3. The molecule has 22 heavy (non-hydrogen) atoms. The highest BCUT2D eigenvalue weighted by Crippen LogP contribution is 2.35. The highest BCUT2D eigenvalue weighted by atomic mass is 35.5. The minimum absolute atomic E-state index is 0.365. The van der Waals surface area contributed by atoms with Gasteiger partial charge in [0.25, 0.3) is 0 Å². The minimum atomic E-state index is 0.365. The number of hydrogen-bond acceptors (Lipinski definition) is 3. The van der Waals surface area contributed by atoms with Gasteiger partial charge in [0.1, 0.15) is 5.03 Å². The molecule has 0 unspecified atom stereocenters. The molecule has 0 radical (unpaired) electrons. The lowest BCUT2D eigenvalue weighted by atomic mass is 9.98. The van der Waals surface area contributed by atoms with Gasteiger partial charge >= 0.3 is 0 Å². The average molecular weight is 330 g/mol. The molecule has 0 bridgehead atoms. The van der Waals surface area contributed by atoms with Gasteiger partial charge in [0, 0.05) is 40.3 Å². The van der Waals surface area contributed by atoms with E-state index in [1.54, 1.807) is 11.8 Å². The smallest absolute Gasteiger partial charge is 0.223 e. The summed E-state index contributed by atoms with van der Waals surface area (Å²) in [5.74, 6) is 0. The van der Waals surface area contributed by atoms with Crippen LogP contribution < -0.4 is 0 Å². The fraction of sp³-hybridized carbons (Fsp3) is 0.294. The van der Waals surface area contributed by atoms with Crippen LogP contribution in [0.5, 0.6) is 0 Å². The first-order chi connectivity index (χ1) is 10.7. The molecule has 2 aromatic heterocycles. The van der Waals surface area contributed by atoms with Gasteiger partial charge in [0.2, 0.25) is 5.28 Å². The zero-order chi connectivity index (χ0) is 15.1. The first kappa shape index (κ1) is 14.1. The molecular formula is C17H16ClN3S. The molecule has 3 aromatic rings. The lowest BCUT2D eigenvalue weighted by Crippen LogP contribution is -2.08. The molecule has 1 aliphatic rings. The Kier molecular flexibility index (Phi) is 3.59. The molecular weight excluding hydrogens is 314 g/mol. The van der Waals surface area contributed by atoms with E-state index in [0.717, 1.165) is 23.6 Å². The van der Waals surface area contributed by atoms with Crippen LogP contribution in [0.3, 0.4) is 0 Å². The maximum absolute atomic E-state index is 6.11. The van der Waals surface area contributed by atoms with Crippen molar-refractivity contribution in [1.29, 1.82) is 0 Å². The zero-order valence-corrected chi connectivity index (χ0v) is 13.9. The molecule has 2 heterocycles. The topological polar surface area (TPSA) is 30.7 Å². The van der Waals surface area contributed by atoms with Gasteiger partial charge in [-0.1, -0.05) is 11.8 Å². The highest BCUT2D eigenvalue weighted by molar-refractivity contribution is 7.99. The van der Waals surface area contributed by atoms with Gasteiger partial charge in [-0.15, -0.1) is 0 Å². The molecule has 112 valence electrons. The molecule has 0 spiro atoms. The van der Waals surface area contributed by atoms with Gasteiger partial charge in [-0.25, -0.2) is 9.97 Å². The standard InChI is InChI=1S/C17H16ClN3S/c1-21-9-8-11-10-12(6-7-15(11)21)22-16-13-4-2-3-5-14(13)19-17(18)20-16/h6-10H,2-5H2,1H3. The van der Waals surface area contributed by atoms with Crippen molar-refractivity contribution < 1.29 is 0 Å². The van der Waals surface area contributed by atoms with Crippen LogP contribution in [0.25, 0.3) is 10.9 Å². The predicted molar refractivity (Wildman–Crippen MR) is 90.7 cm³/mol. The Morgan fingerprint density at radius 2 is 2.00 bits per heavy atom. The summed E-state index contributed by atoms with van der Waals surface area (Å²) in [4.78, 5) is 10.1. The van der Waals surface area contributed by atoms with Gasteiger partial charge in [-0.05, 0) is 61.5 Å². The Bertz CT molecular complexity index is 856. The number of aryl methyl sites for hydroxylation is 2. The van der Waals surface area contributed by atoms with Crippen LogP contribution in [0.1, 0.15) is 24.1 Å². The van der Waals surface area contributed by atoms with Crippen molar-refractivity contribution in [2.75, 3.05) is 0 Å². The molecule has 0 amide bonds. The van der Waals surface area contributed by atoms with E-state index in [0.29, 0.717) is 5.28 Å². The van der Waals surface area contributed by atoms with Crippen molar-refractivity contribution in [1.82, 2.24) is 14.5 Å². The van der Waals surface area contributed by atoms with E-state index in [1.165, 1.54) is 34.2 Å². The van der Waals surface area contributed by atoms with Crippen LogP contribution >= 0.6 is 23.4 Å². The van der Waals surface area contributed by atoms with Gasteiger partial charge in [0.05, 0.1) is 0 Å². The SMILES string of the molecule is Cn1ccc2cc(Sc3nc(Cl)nc4c3CCCC4)ccc21. The summed E-state index contributed by atoms with van der Waals surface area (Å²) in [7, 11) is 2.07.